The predicted molar refractivity (Wildman–Crippen MR) is 46.6 cm³/mol. The first-order chi connectivity index (χ1) is 7.96. The van der Waals surface area contributed by atoms with Crippen LogP contribution in [-0.4, -0.2) is 51.4 Å². The molecule has 0 unspecified atom stereocenters. The average molecular weight is 297 g/mol. The fraction of sp³-hybridized carbons (Fsp3) is 0.714. The molecule has 0 saturated carbocycles. The van der Waals surface area contributed by atoms with Crippen LogP contribution in [0.25, 0.3) is 0 Å². The van der Waals surface area contributed by atoms with E-state index in [1.807, 2.05) is 0 Å². The lowest BCUT2D eigenvalue weighted by Crippen LogP contribution is -2.54. The summed E-state index contributed by atoms with van der Waals surface area (Å²) < 4.78 is 73.7. The Morgan fingerprint density at radius 3 is 2.00 bits per heavy atom. The smallest absolute Gasteiger partial charge is 0.471 e. The maximum absolute atomic E-state index is 12.4. The number of thioether (sulfide) groups is 1. The van der Waals surface area contributed by atoms with Gasteiger partial charge in [-0.1, -0.05) is 0 Å². The Labute approximate surface area is 99.9 Å². The van der Waals surface area contributed by atoms with Crippen LogP contribution < -0.4 is 0 Å². The standard InChI is InChI=1S/C7H5F6NO3S/c8-6(9,10)4(17)14-2(3(15)16)1-18-5(14)7(11,12)13/h2,5H,1H2,(H,15,16)/t2-,5-/m0/s1. The maximum atomic E-state index is 12.4. The van der Waals surface area contributed by atoms with Gasteiger partial charge < -0.3 is 5.11 Å². The van der Waals surface area contributed by atoms with E-state index in [-0.39, 0.29) is 11.8 Å². The van der Waals surface area contributed by atoms with Crippen LogP contribution in [0.2, 0.25) is 0 Å². The van der Waals surface area contributed by atoms with Gasteiger partial charge in [-0.2, -0.15) is 26.3 Å². The van der Waals surface area contributed by atoms with Gasteiger partial charge in [0.15, 0.2) is 5.37 Å². The quantitative estimate of drug-likeness (QED) is 0.745. The second kappa shape index (κ2) is 4.52. The molecule has 0 aromatic heterocycles. The minimum absolute atomic E-state index is 0.0625. The van der Waals surface area contributed by atoms with Crippen molar-refractivity contribution in [2.24, 2.45) is 0 Å². The highest BCUT2D eigenvalue weighted by atomic mass is 32.2. The zero-order valence-electron chi connectivity index (χ0n) is 8.25. The van der Waals surface area contributed by atoms with E-state index in [2.05, 4.69) is 0 Å². The molecule has 0 spiro atoms. The summed E-state index contributed by atoms with van der Waals surface area (Å²) in [5.41, 5.74) is 0. The molecular weight excluding hydrogens is 292 g/mol. The molecule has 1 N–H and O–H groups in total. The molecule has 1 aliphatic rings. The van der Waals surface area contributed by atoms with Gasteiger partial charge in [0.25, 0.3) is 0 Å². The first-order valence-corrected chi connectivity index (χ1v) is 5.31. The highest BCUT2D eigenvalue weighted by Gasteiger charge is 2.59. The lowest BCUT2D eigenvalue weighted by atomic mass is 10.2. The number of halogens is 6. The molecule has 18 heavy (non-hydrogen) atoms. The van der Waals surface area contributed by atoms with Gasteiger partial charge in [0.05, 0.1) is 0 Å². The molecule has 1 saturated heterocycles. The molecular formula is C7H5F6NO3S. The number of hydrogen-bond donors (Lipinski definition) is 1. The third kappa shape index (κ3) is 2.82. The molecule has 104 valence electrons. The summed E-state index contributed by atoms with van der Waals surface area (Å²) >= 11 is -0.0625. The number of carboxylic acids is 1. The number of carbonyl (C=O) groups is 2. The van der Waals surface area contributed by atoms with Crippen molar-refractivity contribution in [1.82, 2.24) is 4.90 Å². The van der Waals surface area contributed by atoms with Crippen molar-refractivity contribution < 1.29 is 41.0 Å². The van der Waals surface area contributed by atoms with E-state index in [1.54, 1.807) is 0 Å². The first kappa shape index (κ1) is 14.9. The lowest BCUT2D eigenvalue weighted by molar-refractivity contribution is -0.205. The van der Waals surface area contributed by atoms with Crippen LogP contribution in [-0.2, 0) is 9.59 Å². The SMILES string of the molecule is O=C(O)[C@@H]1CS[C@@H](C(F)(F)F)N1C(=O)C(F)(F)F. The number of carboxylic acid groups (broad SMARTS) is 1. The Hall–Kier alpha value is -1.13. The van der Waals surface area contributed by atoms with Crippen LogP contribution in [0.4, 0.5) is 26.3 Å². The van der Waals surface area contributed by atoms with Crippen molar-refractivity contribution in [2.75, 3.05) is 5.75 Å². The van der Waals surface area contributed by atoms with Gasteiger partial charge in [-0.3, -0.25) is 9.69 Å². The van der Waals surface area contributed by atoms with Gasteiger partial charge in [-0.05, 0) is 0 Å². The van der Waals surface area contributed by atoms with Gasteiger partial charge in [0.2, 0.25) is 0 Å². The van der Waals surface area contributed by atoms with Crippen molar-refractivity contribution in [1.29, 1.82) is 0 Å². The van der Waals surface area contributed by atoms with Crippen LogP contribution in [0.5, 0.6) is 0 Å². The molecule has 1 aliphatic heterocycles. The molecule has 2 atom stereocenters. The Morgan fingerprint density at radius 2 is 1.67 bits per heavy atom. The van der Waals surface area contributed by atoms with Crippen molar-refractivity contribution in [3.8, 4) is 0 Å². The fourth-order valence-electron chi connectivity index (χ4n) is 1.34. The van der Waals surface area contributed by atoms with Crippen LogP contribution in [0.3, 0.4) is 0 Å². The molecule has 0 aromatic rings. The van der Waals surface area contributed by atoms with E-state index in [4.69, 9.17) is 5.11 Å². The second-order valence-corrected chi connectivity index (χ2v) is 4.40. The summed E-state index contributed by atoms with van der Waals surface area (Å²) in [6.45, 7) is 0. The van der Waals surface area contributed by atoms with Gasteiger partial charge in [0, 0.05) is 5.75 Å². The van der Waals surface area contributed by atoms with E-state index < -0.39 is 46.3 Å². The Bertz CT molecular complexity index is 367. The summed E-state index contributed by atoms with van der Waals surface area (Å²) in [5, 5.41) is 5.74. The molecule has 1 amide bonds. The van der Waals surface area contributed by atoms with Crippen LogP contribution in [0.15, 0.2) is 0 Å². The molecule has 11 heteroatoms. The number of hydrogen-bond acceptors (Lipinski definition) is 3. The normalized spacial score (nSPS) is 25.3. The topological polar surface area (TPSA) is 57.6 Å². The number of amides is 1. The monoisotopic (exact) mass is 297 g/mol. The third-order valence-electron chi connectivity index (χ3n) is 2.04. The van der Waals surface area contributed by atoms with Crippen LogP contribution >= 0.6 is 11.8 Å². The van der Waals surface area contributed by atoms with Gasteiger partial charge >= 0.3 is 24.2 Å². The Morgan fingerprint density at radius 1 is 1.17 bits per heavy atom. The van der Waals surface area contributed by atoms with Gasteiger partial charge in [-0.25, -0.2) is 4.79 Å². The third-order valence-corrected chi connectivity index (χ3v) is 3.36. The fourth-order valence-corrected chi connectivity index (χ4v) is 2.60. The van der Waals surface area contributed by atoms with Crippen molar-refractivity contribution in [3.05, 3.63) is 0 Å². The molecule has 0 radical (unpaired) electrons. The number of rotatable bonds is 1. The second-order valence-electron chi connectivity index (χ2n) is 3.29. The molecule has 1 rings (SSSR count). The average Bonchev–Trinajstić information content (AvgIpc) is 2.57. The van der Waals surface area contributed by atoms with E-state index in [9.17, 15) is 35.9 Å². The highest BCUT2D eigenvalue weighted by molar-refractivity contribution is 8.00. The molecule has 0 aliphatic carbocycles. The van der Waals surface area contributed by atoms with Crippen LogP contribution in [0.1, 0.15) is 0 Å². The predicted octanol–water partition coefficient (Wildman–Crippen LogP) is 1.47. The van der Waals surface area contributed by atoms with Crippen molar-refractivity contribution in [2.45, 2.75) is 23.8 Å². The number of aliphatic carboxylic acids is 1. The molecule has 1 fully saturated rings. The lowest BCUT2D eigenvalue weighted by Gasteiger charge is -2.28. The summed E-state index contributed by atoms with van der Waals surface area (Å²) in [7, 11) is 0. The zero-order valence-corrected chi connectivity index (χ0v) is 9.07. The Balaban J connectivity index is 3.11. The summed E-state index contributed by atoms with van der Waals surface area (Å²) in [4.78, 5) is 20.8. The van der Waals surface area contributed by atoms with Gasteiger partial charge in [-0.15, -0.1) is 11.8 Å². The van der Waals surface area contributed by atoms with E-state index in [0.717, 1.165) is 0 Å². The summed E-state index contributed by atoms with van der Waals surface area (Å²) in [6.07, 6.45) is -10.7. The van der Waals surface area contributed by atoms with Gasteiger partial charge in [0.1, 0.15) is 6.04 Å². The highest BCUT2D eigenvalue weighted by Crippen LogP contribution is 2.41. The van der Waals surface area contributed by atoms with E-state index >= 15 is 0 Å². The largest absolute Gasteiger partial charge is 0.480 e. The zero-order chi connectivity index (χ0) is 14.3. The minimum Gasteiger partial charge on any atom is -0.480 e. The number of alkyl halides is 6. The van der Waals surface area contributed by atoms with Crippen molar-refractivity contribution >= 4 is 23.6 Å². The number of nitrogens with zero attached hydrogens (tertiary/aromatic N) is 1. The summed E-state index contributed by atoms with van der Waals surface area (Å²) in [5.74, 6) is -5.46. The molecule has 0 bridgehead atoms. The molecule has 4 nitrogen and oxygen atoms in total. The maximum Gasteiger partial charge on any atom is 0.471 e. The molecule has 0 aromatic carbocycles. The summed E-state index contributed by atoms with van der Waals surface area (Å²) in [6, 6.07) is -2.14. The van der Waals surface area contributed by atoms with E-state index in [0.29, 0.717) is 0 Å². The Kier molecular flexibility index (Phi) is 3.75. The minimum atomic E-state index is -5.55. The van der Waals surface area contributed by atoms with E-state index in [1.165, 1.54) is 0 Å². The number of carbonyl (C=O) groups excluding carboxylic acids is 1. The first-order valence-electron chi connectivity index (χ1n) is 4.27. The van der Waals surface area contributed by atoms with Crippen molar-refractivity contribution in [3.63, 3.8) is 0 Å². The van der Waals surface area contributed by atoms with Crippen LogP contribution in [0, 0.1) is 0 Å². The molecule has 1 heterocycles.